The van der Waals surface area contributed by atoms with Crippen molar-refractivity contribution in [1.82, 2.24) is 0 Å². The molecule has 1 aliphatic heterocycles. The standard InChI is InChI=1S/C18H22F2O9S/c1-2-17(5-3-4-6-17)29-15(22)11-9-7-8-10(11)14(21)27-12(8)13(9)28-16(23)18(19,20)30(24,25)26/h8-13H,2-7H2,1H3,(H,24,25,26)/p-1. The first-order valence-electron chi connectivity index (χ1n) is 9.89. The Labute approximate surface area is 171 Å². The van der Waals surface area contributed by atoms with Crippen LogP contribution in [-0.4, -0.2) is 53.9 Å². The molecule has 0 spiro atoms. The predicted molar refractivity (Wildman–Crippen MR) is 90.6 cm³/mol. The van der Waals surface area contributed by atoms with Crippen molar-refractivity contribution in [3.8, 4) is 0 Å². The van der Waals surface area contributed by atoms with Crippen molar-refractivity contribution < 1.29 is 50.3 Å². The Balaban J connectivity index is 1.57. The van der Waals surface area contributed by atoms with Crippen molar-refractivity contribution in [3.05, 3.63) is 0 Å². The zero-order valence-corrected chi connectivity index (χ0v) is 16.9. The molecule has 12 heteroatoms. The summed E-state index contributed by atoms with van der Waals surface area (Å²) in [6.07, 6.45) is 1.43. The van der Waals surface area contributed by atoms with E-state index in [0.29, 0.717) is 19.3 Å². The van der Waals surface area contributed by atoms with Gasteiger partial charge in [0.15, 0.2) is 10.1 Å². The Hall–Kier alpha value is -1.82. The van der Waals surface area contributed by atoms with Crippen LogP contribution >= 0.6 is 0 Å². The molecule has 0 amide bonds. The Kier molecular flexibility index (Phi) is 4.88. The highest BCUT2D eigenvalue weighted by Crippen LogP contribution is 2.59. The zero-order chi connectivity index (χ0) is 22.1. The van der Waals surface area contributed by atoms with Gasteiger partial charge in [0.2, 0.25) is 0 Å². The minimum atomic E-state index is -6.30. The van der Waals surface area contributed by atoms with Gasteiger partial charge in [0, 0.05) is 11.8 Å². The van der Waals surface area contributed by atoms with Gasteiger partial charge in [-0.05, 0) is 38.5 Å². The fraction of sp³-hybridized carbons (Fsp3) is 0.833. The normalized spacial score (nSPS) is 36.6. The van der Waals surface area contributed by atoms with Gasteiger partial charge in [-0.15, -0.1) is 0 Å². The van der Waals surface area contributed by atoms with E-state index in [0.717, 1.165) is 12.8 Å². The molecule has 1 heterocycles. The summed E-state index contributed by atoms with van der Waals surface area (Å²) in [6, 6.07) is 0. The summed E-state index contributed by atoms with van der Waals surface area (Å²) in [7, 11) is -6.30. The summed E-state index contributed by atoms with van der Waals surface area (Å²) in [5.74, 6) is -7.14. The van der Waals surface area contributed by atoms with E-state index in [2.05, 4.69) is 4.74 Å². The lowest BCUT2D eigenvalue weighted by atomic mass is 9.78. The van der Waals surface area contributed by atoms with Gasteiger partial charge in [0.05, 0.1) is 11.8 Å². The van der Waals surface area contributed by atoms with E-state index in [9.17, 15) is 36.1 Å². The number of hydrogen-bond donors (Lipinski definition) is 0. The first kappa shape index (κ1) is 21.4. The average molecular weight is 451 g/mol. The lowest BCUT2D eigenvalue weighted by molar-refractivity contribution is -0.182. The van der Waals surface area contributed by atoms with Gasteiger partial charge in [-0.3, -0.25) is 9.59 Å². The highest BCUT2D eigenvalue weighted by molar-refractivity contribution is 7.87. The van der Waals surface area contributed by atoms with Gasteiger partial charge in [-0.25, -0.2) is 13.2 Å². The summed E-state index contributed by atoms with van der Waals surface area (Å²) < 4.78 is 74.9. The van der Waals surface area contributed by atoms with Gasteiger partial charge in [-0.1, -0.05) is 6.92 Å². The van der Waals surface area contributed by atoms with Crippen LogP contribution in [-0.2, 0) is 38.7 Å². The minimum Gasteiger partial charge on any atom is -0.743 e. The van der Waals surface area contributed by atoms with E-state index < -0.39 is 74.8 Å². The fourth-order valence-electron chi connectivity index (χ4n) is 5.59. The van der Waals surface area contributed by atoms with Crippen molar-refractivity contribution in [2.75, 3.05) is 0 Å². The molecule has 30 heavy (non-hydrogen) atoms. The Morgan fingerprint density at radius 1 is 1.27 bits per heavy atom. The summed E-state index contributed by atoms with van der Waals surface area (Å²) in [5, 5.41) is -5.29. The zero-order valence-electron chi connectivity index (χ0n) is 16.0. The Morgan fingerprint density at radius 2 is 1.90 bits per heavy atom. The number of fused-ring (bicyclic) bond motifs is 1. The molecule has 0 aromatic rings. The summed E-state index contributed by atoms with van der Waals surface area (Å²) in [5.41, 5.74) is -0.642. The molecule has 9 nitrogen and oxygen atoms in total. The van der Waals surface area contributed by atoms with Crippen LogP contribution in [0.1, 0.15) is 45.4 Å². The first-order valence-corrected chi connectivity index (χ1v) is 11.3. The maximum absolute atomic E-state index is 13.6. The number of esters is 3. The van der Waals surface area contributed by atoms with Gasteiger partial charge in [0.25, 0.3) is 0 Å². The number of carbonyl (C=O) groups excluding carboxylic acids is 3. The van der Waals surface area contributed by atoms with E-state index in [1.165, 1.54) is 0 Å². The van der Waals surface area contributed by atoms with Crippen LogP contribution in [0.2, 0.25) is 0 Å². The number of hydrogen-bond acceptors (Lipinski definition) is 9. The molecule has 168 valence electrons. The highest BCUT2D eigenvalue weighted by Gasteiger charge is 2.71. The molecule has 0 radical (unpaired) electrons. The molecule has 4 aliphatic rings. The first-order chi connectivity index (χ1) is 13.9. The summed E-state index contributed by atoms with van der Waals surface area (Å²) >= 11 is 0. The number of carbonyl (C=O) groups is 3. The molecule has 3 saturated carbocycles. The number of alkyl halides is 2. The van der Waals surface area contributed by atoms with Gasteiger partial charge in [-0.2, -0.15) is 8.78 Å². The molecule has 4 fully saturated rings. The van der Waals surface area contributed by atoms with Crippen molar-refractivity contribution in [2.24, 2.45) is 23.7 Å². The van der Waals surface area contributed by atoms with Crippen LogP contribution < -0.4 is 0 Å². The maximum Gasteiger partial charge on any atom is 0.428 e. The number of halogens is 2. The van der Waals surface area contributed by atoms with Crippen molar-refractivity contribution in [2.45, 2.75) is 68.5 Å². The van der Waals surface area contributed by atoms with Crippen LogP contribution in [0, 0.1) is 23.7 Å². The van der Waals surface area contributed by atoms with E-state index in [4.69, 9.17) is 9.47 Å². The molecule has 1 saturated heterocycles. The van der Waals surface area contributed by atoms with Crippen LogP contribution in [0.5, 0.6) is 0 Å². The Morgan fingerprint density at radius 3 is 2.47 bits per heavy atom. The fourth-order valence-corrected chi connectivity index (χ4v) is 5.84. The van der Waals surface area contributed by atoms with E-state index in [-0.39, 0.29) is 6.42 Å². The van der Waals surface area contributed by atoms with Gasteiger partial charge in [0.1, 0.15) is 17.8 Å². The Bertz CT molecular complexity index is 880. The lowest BCUT2D eigenvalue weighted by Gasteiger charge is -2.34. The molecule has 2 bridgehead atoms. The van der Waals surface area contributed by atoms with Gasteiger partial charge < -0.3 is 18.8 Å². The lowest BCUT2D eigenvalue weighted by Crippen LogP contribution is -2.48. The van der Waals surface area contributed by atoms with Gasteiger partial charge >= 0.3 is 23.2 Å². The second kappa shape index (κ2) is 6.84. The third-order valence-electron chi connectivity index (χ3n) is 7.09. The van der Waals surface area contributed by atoms with Crippen LogP contribution in [0.3, 0.4) is 0 Å². The van der Waals surface area contributed by atoms with E-state index in [1.54, 1.807) is 0 Å². The third kappa shape index (κ3) is 3.02. The van der Waals surface area contributed by atoms with Crippen molar-refractivity contribution >= 4 is 28.0 Å². The van der Waals surface area contributed by atoms with E-state index >= 15 is 0 Å². The summed E-state index contributed by atoms with van der Waals surface area (Å²) in [6.45, 7) is 1.88. The van der Waals surface area contributed by atoms with Crippen LogP contribution in [0.15, 0.2) is 0 Å². The molecule has 3 aliphatic carbocycles. The molecular formula is C18H21F2O9S-. The molecule has 6 unspecified atom stereocenters. The SMILES string of the molecule is CCC1(OC(=O)C2C3CC4C(OC(=O)C42)C3OC(=O)C(F)(F)S(=O)(=O)[O-])CCCC1. The maximum atomic E-state index is 13.6. The molecule has 0 N–H and O–H groups in total. The monoisotopic (exact) mass is 451 g/mol. The highest BCUT2D eigenvalue weighted by atomic mass is 32.2. The van der Waals surface area contributed by atoms with Crippen molar-refractivity contribution in [3.63, 3.8) is 0 Å². The second-order valence-electron chi connectivity index (χ2n) is 8.52. The third-order valence-corrected chi connectivity index (χ3v) is 7.88. The minimum absolute atomic E-state index is 0.202. The molecular weight excluding hydrogens is 430 g/mol. The smallest absolute Gasteiger partial charge is 0.428 e. The van der Waals surface area contributed by atoms with E-state index in [1.807, 2.05) is 6.92 Å². The molecule has 6 atom stereocenters. The molecule has 0 aromatic heterocycles. The second-order valence-corrected chi connectivity index (χ2v) is 9.94. The number of rotatable bonds is 6. The van der Waals surface area contributed by atoms with Crippen LogP contribution in [0.25, 0.3) is 0 Å². The molecule has 4 rings (SSSR count). The average Bonchev–Trinajstić information content (AvgIpc) is 3.38. The van der Waals surface area contributed by atoms with Crippen LogP contribution in [0.4, 0.5) is 8.78 Å². The summed E-state index contributed by atoms with van der Waals surface area (Å²) in [4.78, 5) is 37.1. The van der Waals surface area contributed by atoms with Crippen molar-refractivity contribution in [1.29, 1.82) is 0 Å². The quantitative estimate of drug-likeness (QED) is 0.330. The molecule has 0 aromatic carbocycles. The number of ether oxygens (including phenoxy) is 3. The topological polar surface area (TPSA) is 136 Å². The predicted octanol–water partition coefficient (Wildman–Crippen LogP) is 1.11. The largest absolute Gasteiger partial charge is 0.743 e.